The molecule has 8 rings (SSSR count). The molecule has 0 radical (unpaired) electrons. The van der Waals surface area contributed by atoms with Crippen molar-refractivity contribution in [2.24, 2.45) is 0 Å². The van der Waals surface area contributed by atoms with Crippen molar-refractivity contribution in [1.29, 1.82) is 0 Å². The van der Waals surface area contributed by atoms with Gasteiger partial charge >= 0.3 is 0 Å². The van der Waals surface area contributed by atoms with Gasteiger partial charge in [0.1, 0.15) is 11.2 Å². The summed E-state index contributed by atoms with van der Waals surface area (Å²) in [4.78, 5) is 2.40. The average molecular weight is 528 g/mol. The minimum absolute atomic E-state index is 0.159. The molecule has 0 saturated heterocycles. The van der Waals surface area contributed by atoms with Gasteiger partial charge in [-0.3, -0.25) is 0 Å². The number of fused-ring (bicyclic) bond motifs is 6. The monoisotopic (exact) mass is 527 g/mol. The van der Waals surface area contributed by atoms with Gasteiger partial charge in [0.2, 0.25) is 0 Å². The molecule has 7 aromatic rings. The van der Waals surface area contributed by atoms with E-state index in [0.717, 1.165) is 33.3 Å². The first-order chi connectivity index (χ1) is 20.1. The van der Waals surface area contributed by atoms with Crippen molar-refractivity contribution >= 4 is 39.0 Å². The summed E-state index contributed by atoms with van der Waals surface area (Å²) in [5.41, 5.74) is 12.8. The highest BCUT2D eigenvalue weighted by Crippen LogP contribution is 2.55. The van der Waals surface area contributed by atoms with E-state index in [0.29, 0.717) is 0 Å². The first-order valence-corrected chi connectivity index (χ1v) is 14.2. The van der Waals surface area contributed by atoms with Gasteiger partial charge in [0.25, 0.3) is 0 Å². The SMILES string of the molecule is CC1(C)c2cc3oc4ccccc4c3cc2-c2c(N(c3ccccc3)c3ccc(-c4ccccc4)cc3)cccc21. The van der Waals surface area contributed by atoms with E-state index in [4.69, 9.17) is 4.42 Å². The third kappa shape index (κ3) is 3.64. The molecule has 0 N–H and O–H groups in total. The van der Waals surface area contributed by atoms with Crippen molar-refractivity contribution in [1.82, 2.24) is 0 Å². The van der Waals surface area contributed by atoms with Gasteiger partial charge in [0.05, 0.1) is 5.69 Å². The molecule has 0 spiro atoms. The smallest absolute Gasteiger partial charge is 0.135 e. The normalized spacial score (nSPS) is 13.3. The highest BCUT2D eigenvalue weighted by molar-refractivity contribution is 6.09. The van der Waals surface area contributed by atoms with Crippen LogP contribution in [-0.2, 0) is 5.41 Å². The maximum Gasteiger partial charge on any atom is 0.135 e. The lowest BCUT2D eigenvalue weighted by Gasteiger charge is -2.29. The van der Waals surface area contributed by atoms with Crippen LogP contribution in [-0.4, -0.2) is 0 Å². The van der Waals surface area contributed by atoms with Crippen LogP contribution >= 0.6 is 0 Å². The third-order valence-corrected chi connectivity index (χ3v) is 8.66. The summed E-state index contributed by atoms with van der Waals surface area (Å²) in [5, 5.41) is 2.32. The lowest BCUT2D eigenvalue weighted by Crippen LogP contribution is -2.16. The Morgan fingerprint density at radius 2 is 1.17 bits per heavy atom. The van der Waals surface area contributed by atoms with Gasteiger partial charge in [-0.15, -0.1) is 0 Å². The van der Waals surface area contributed by atoms with Gasteiger partial charge in [-0.1, -0.05) is 105 Å². The van der Waals surface area contributed by atoms with Crippen molar-refractivity contribution in [3.63, 3.8) is 0 Å². The van der Waals surface area contributed by atoms with Crippen LogP contribution in [0.25, 0.3) is 44.2 Å². The molecule has 6 aromatic carbocycles. The zero-order valence-corrected chi connectivity index (χ0v) is 23.1. The highest BCUT2D eigenvalue weighted by Gasteiger charge is 2.38. The van der Waals surface area contributed by atoms with E-state index in [2.05, 4.69) is 152 Å². The van der Waals surface area contributed by atoms with Crippen LogP contribution in [0.4, 0.5) is 17.1 Å². The predicted octanol–water partition coefficient (Wildman–Crippen LogP) is 11.0. The van der Waals surface area contributed by atoms with Crippen LogP contribution in [0.3, 0.4) is 0 Å². The van der Waals surface area contributed by atoms with Crippen molar-refractivity contribution in [3.05, 3.63) is 151 Å². The van der Waals surface area contributed by atoms with Crippen LogP contribution in [0, 0.1) is 0 Å². The van der Waals surface area contributed by atoms with Gasteiger partial charge < -0.3 is 9.32 Å². The van der Waals surface area contributed by atoms with Crippen LogP contribution in [0.2, 0.25) is 0 Å². The number of anilines is 3. The topological polar surface area (TPSA) is 16.4 Å². The Kier molecular flexibility index (Phi) is 5.20. The van der Waals surface area contributed by atoms with Crippen molar-refractivity contribution < 1.29 is 4.42 Å². The van der Waals surface area contributed by atoms with Crippen LogP contribution in [0.1, 0.15) is 25.0 Å². The second-order valence-corrected chi connectivity index (χ2v) is 11.4. The zero-order valence-electron chi connectivity index (χ0n) is 23.1. The molecule has 41 heavy (non-hydrogen) atoms. The van der Waals surface area contributed by atoms with Gasteiger partial charge in [0.15, 0.2) is 0 Å². The minimum Gasteiger partial charge on any atom is -0.456 e. The lowest BCUT2D eigenvalue weighted by molar-refractivity contribution is 0.647. The summed E-state index contributed by atoms with van der Waals surface area (Å²) < 4.78 is 6.32. The van der Waals surface area contributed by atoms with Crippen molar-refractivity contribution in [3.8, 4) is 22.3 Å². The molecule has 2 nitrogen and oxygen atoms in total. The van der Waals surface area contributed by atoms with Crippen LogP contribution < -0.4 is 4.90 Å². The molecule has 0 bridgehead atoms. The van der Waals surface area contributed by atoms with E-state index < -0.39 is 0 Å². The standard InChI is InChI=1S/C39H29NO/c1-39(2)33-17-11-18-35(38(33)32-24-31-30-16-9-10-19-36(30)41-37(31)25-34(32)39)40(28-14-7-4-8-15-28)29-22-20-27(21-23-29)26-12-5-3-6-13-26/h3-25H,1-2H3. The number of nitrogens with zero attached hydrogens (tertiary/aromatic N) is 1. The molecular weight excluding hydrogens is 498 g/mol. The summed E-state index contributed by atoms with van der Waals surface area (Å²) in [5.74, 6) is 0. The van der Waals surface area contributed by atoms with E-state index in [1.54, 1.807) is 0 Å². The molecule has 1 aliphatic rings. The second kappa shape index (κ2) is 8.97. The van der Waals surface area contributed by atoms with Crippen molar-refractivity contribution in [2.75, 3.05) is 4.90 Å². The van der Waals surface area contributed by atoms with E-state index in [1.807, 2.05) is 6.07 Å². The number of rotatable bonds is 4. The quantitative estimate of drug-likeness (QED) is 0.226. The van der Waals surface area contributed by atoms with Gasteiger partial charge in [-0.2, -0.15) is 0 Å². The summed E-state index contributed by atoms with van der Waals surface area (Å²) >= 11 is 0. The Morgan fingerprint density at radius 3 is 1.95 bits per heavy atom. The van der Waals surface area contributed by atoms with Gasteiger partial charge in [0, 0.05) is 33.1 Å². The fourth-order valence-electron chi connectivity index (χ4n) is 6.61. The molecule has 2 heteroatoms. The largest absolute Gasteiger partial charge is 0.456 e. The maximum absolute atomic E-state index is 6.32. The fourth-order valence-corrected chi connectivity index (χ4v) is 6.61. The van der Waals surface area contributed by atoms with E-state index in [-0.39, 0.29) is 5.41 Å². The Labute approximate surface area is 240 Å². The summed E-state index contributed by atoms with van der Waals surface area (Å²) in [6.45, 7) is 4.66. The molecule has 1 aromatic heterocycles. The average Bonchev–Trinajstić information content (AvgIpc) is 3.50. The van der Waals surface area contributed by atoms with E-state index in [1.165, 1.54) is 39.1 Å². The number of furan rings is 1. The van der Waals surface area contributed by atoms with Crippen molar-refractivity contribution in [2.45, 2.75) is 19.3 Å². The molecule has 1 heterocycles. The third-order valence-electron chi connectivity index (χ3n) is 8.66. The Balaban J connectivity index is 1.36. The molecule has 196 valence electrons. The zero-order chi connectivity index (χ0) is 27.6. The molecule has 0 atom stereocenters. The predicted molar refractivity (Wildman–Crippen MR) is 171 cm³/mol. The summed E-state index contributed by atoms with van der Waals surface area (Å²) in [6, 6.07) is 49.9. The molecular formula is C39H29NO. The van der Waals surface area contributed by atoms with Crippen LogP contribution in [0.5, 0.6) is 0 Å². The lowest BCUT2D eigenvalue weighted by atomic mass is 9.82. The van der Waals surface area contributed by atoms with E-state index >= 15 is 0 Å². The second-order valence-electron chi connectivity index (χ2n) is 11.4. The van der Waals surface area contributed by atoms with Crippen LogP contribution in [0.15, 0.2) is 144 Å². The molecule has 1 aliphatic carbocycles. The Bertz CT molecular complexity index is 2050. The van der Waals surface area contributed by atoms with E-state index in [9.17, 15) is 0 Å². The number of para-hydroxylation sites is 2. The molecule has 0 saturated carbocycles. The van der Waals surface area contributed by atoms with Gasteiger partial charge in [-0.25, -0.2) is 0 Å². The number of hydrogen-bond acceptors (Lipinski definition) is 2. The molecule has 0 fully saturated rings. The minimum atomic E-state index is -0.159. The Morgan fingerprint density at radius 1 is 0.512 bits per heavy atom. The first-order valence-electron chi connectivity index (χ1n) is 14.2. The fraction of sp³-hybridized carbons (Fsp3) is 0.0769. The summed E-state index contributed by atoms with van der Waals surface area (Å²) in [7, 11) is 0. The first kappa shape index (κ1) is 23.8. The number of benzene rings is 6. The number of hydrogen-bond donors (Lipinski definition) is 0. The summed E-state index contributed by atoms with van der Waals surface area (Å²) in [6.07, 6.45) is 0. The maximum atomic E-state index is 6.32. The highest BCUT2D eigenvalue weighted by atomic mass is 16.3. The molecule has 0 aliphatic heterocycles. The molecule has 0 unspecified atom stereocenters. The molecule has 0 amide bonds. The van der Waals surface area contributed by atoms with Gasteiger partial charge in [-0.05, 0) is 76.3 Å². The Hall–Kier alpha value is -5.08.